The summed E-state index contributed by atoms with van der Waals surface area (Å²) < 4.78 is 4.81. The molecule has 4 heteroatoms. The third kappa shape index (κ3) is 0.852. The second-order valence-corrected chi connectivity index (χ2v) is 2.26. The van der Waals surface area contributed by atoms with Crippen molar-refractivity contribution in [1.82, 2.24) is 4.98 Å². The van der Waals surface area contributed by atoms with Gasteiger partial charge in [-0.05, 0) is 12.1 Å². The molecular formula is C8H4NO3. The van der Waals surface area contributed by atoms with E-state index >= 15 is 0 Å². The fraction of sp³-hybridized carbons (Fsp3) is 0. The first-order valence-corrected chi connectivity index (χ1v) is 3.28. The standard InChI is InChI=1S/C8H4NO3/c10-8(11)5-2-1-3-6-7(5)9-4-12-6/h1-3H,(H,10,11). The number of benzene rings is 1. The molecule has 1 heterocycles. The molecule has 0 amide bonds. The Morgan fingerprint density at radius 2 is 2.42 bits per heavy atom. The zero-order valence-corrected chi connectivity index (χ0v) is 5.94. The summed E-state index contributed by atoms with van der Waals surface area (Å²) in [6.45, 7) is 0. The molecule has 4 nitrogen and oxygen atoms in total. The maximum absolute atomic E-state index is 10.6. The van der Waals surface area contributed by atoms with Crippen LogP contribution in [0.15, 0.2) is 22.6 Å². The number of aromatic nitrogens is 1. The number of oxazole rings is 1. The maximum Gasteiger partial charge on any atom is 0.338 e. The van der Waals surface area contributed by atoms with E-state index in [9.17, 15) is 4.79 Å². The Hall–Kier alpha value is -1.84. The molecule has 0 aliphatic heterocycles. The average molecular weight is 162 g/mol. The molecule has 0 aliphatic carbocycles. The van der Waals surface area contributed by atoms with Crippen LogP contribution in [0.3, 0.4) is 0 Å². The zero-order chi connectivity index (χ0) is 8.55. The smallest absolute Gasteiger partial charge is 0.338 e. The van der Waals surface area contributed by atoms with Crippen molar-refractivity contribution in [2.45, 2.75) is 0 Å². The van der Waals surface area contributed by atoms with E-state index in [0.717, 1.165) is 0 Å². The van der Waals surface area contributed by atoms with Crippen molar-refractivity contribution in [3.63, 3.8) is 0 Å². The highest BCUT2D eigenvalue weighted by molar-refractivity contribution is 6.00. The van der Waals surface area contributed by atoms with Crippen molar-refractivity contribution < 1.29 is 14.3 Å². The first-order chi connectivity index (χ1) is 5.79. The van der Waals surface area contributed by atoms with E-state index in [1.807, 2.05) is 0 Å². The van der Waals surface area contributed by atoms with Crippen LogP contribution in [0.4, 0.5) is 0 Å². The van der Waals surface area contributed by atoms with Crippen molar-refractivity contribution in [2.75, 3.05) is 0 Å². The van der Waals surface area contributed by atoms with Crippen molar-refractivity contribution in [2.24, 2.45) is 0 Å². The second-order valence-electron chi connectivity index (χ2n) is 2.26. The summed E-state index contributed by atoms with van der Waals surface area (Å²) >= 11 is 0. The van der Waals surface area contributed by atoms with E-state index in [1.54, 1.807) is 12.1 Å². The number of para-hydroxylation sites is 1. The molecule has 2 rings (SSSR count). The third-order valence-corrected chi connectivity index (χ3v) is 1.54. The lowest BCUT2D eigenvalue weighted by molar-refractivity contribution is 0.0699. The number of carboxylic acids is 1. The number of carbonyl (C=O) groups is 1. The van der Waals surface area contributed by atoms with Gasteiger partial charge in [0.15, 0.2) is 5.58 Å². The summed E-state index contributed by atoms with van der Waals surface area (Å²) in [5.41, 5.74) is 0.914. The first kappa shape index (κ1) is 6.84. The van der Waals surface area contributed by atoms with Gasteiger partial charge in [-0.15, -0.1) is 0 Å². The van der Waals surface area contributed by atoms with E-state index in [4.69, 9.17) is 9.52 Å². The number of rotatable bonds is 1. The molecule has 0 aliphatic rings. The normalized spacial score (nSPS) is 10.3. The molecule has 1 aromatic carbocycles. The van der Waals surface area contributed by atoms with Gasteiger partial charge in [0.1, 0.15) is 5.52 Å². The van der Waals surface area contributed by atoms with E-state index in [-0.39, 0.29) is 5.56 Å². The van der Waals surface area contributed by atoms with Crippen LogP contribution in [0.1, 0.15) is 10.4 Å². The lowest BCUT2D eigenvalue weighted by Gasteiger charge is -1.92. The molecule has 0 bridgehead atoms. The number of aromatic carboxylic acids is 1. The molecule has 1 aromatic heterocycles. The van der Waals surface area contributed by atoms with Gasteiger partial charge < -0.3 is 9.52 Å². The summed E-state index contributed by atoms with van der Waals surface area (Å²) in [4.78, 5) is 14.3. The summed E-state index contributed by atoms with van der Waals surface area (Å²) in [5, 5.41) is 8.71. The van der Waals surface area contributed by atoms with Crippen molar-refractivity contribution >= 4 is 17.1 Å². The molecule has 1 N–H and O–H groups in total. The SMILES string of the molecule is O=C(O)c1cccc2o[c]nc12. The van der Waals surface area contributed by atoms with Gasteiger partial charge in [0.25, 0.3) is 6.39 Å². The van der Waals surface area contributed by atoms with Gasteiger partial charge in [-0.3, -0.25) is 0 Å². The Balaban J connectivity index is 2.82. The van der Waals surface area contributed by atoms with Crippen LogP contribution in [0.2, 0.25) is 0 Å². The van der Waals surface area contributed by atoms with Gasteiger partial charge in [-0.25, -0.2) is 9.78 Å². The minimum atomic E-state index is -1.01. The van der Waals surface area contributed by atoms with Crippen molar-refractivity contribution in [1.29, 1.82) is 0 Å². The minimum absolute atomic E-state index is 0.137. The fourth-order valence-corrected chi connectivity index (χ4v) is 1.01. The quantitative estimate of drug-likeness (QED) is 0.686. The Kier molecular flexibility index (Phi) is 1.33. The van der Waals surface area contributed by atoms with E-state index < -0.39 is 5.97 Å². The Bertz CT molecular complexity index is 433. The van der Waals surface area contributed by atoms with E-state index in [2.05, 4.69) is 11.4 Å². The Labute approximate surface area is 67.4 Å². The molecule has 0 saturated carbocycles. The highest BCUT2D eigenvalue weighted by atomic mass is 16.4. The first-order valence-electron chi connectivity index (χ1n) is 3.28. The van der Waals surface area contributed by atoms with Gasteiger partial charge in [0.2, 0.25) is 0 Å². The highest BCUT2D eigenvalue weighted by Crippen LogP contribution is 2.15. The van der Waals surface area contributed by atoms with Crippen LogP contribution >= 0.6 is 0 Å². The Morgan fingerprint density at radius 1 is 1.58 bits per heavy atom. The third-order valence-electron chi connectivity index (χ3n) is 1.54. The molecule has 12 heavy (non-hydrogen) atoms. The molecule has 1 radical (unpaired) electrons. The molecule has 0 atom stereocenters. The number of carboxylic acid groups (broad SMARTS) is 1. The lowest BCUT2D eigenvalue weighted by atomic mass is 10.2. The molecule has 2 aromatic rings. The maximum atomic E-state index is 10.6. The molecular weight excluding hydrogens is 158 g/mol. The highest BCUT2D eigenvalue weighted by Gasteiger charge is 2.10. The largest absolute Gasteiger partial charge is 0.478 e. The summed E-state index contributed by atoms with van der Waals surface area (Å²) in [6, 6.07) is 4.72. The summed E-state index contributed by atoms with van der Waals surface area (Å²) in [5.74, 6) is -1.01. The number of nitrogens with zero attached hydrogens (tertiary/aromatic N) is 1. The van der Waals surface area contributed by atoms with Crippen LogP contribution in [-0.2, 0) is 0 Å². The number of hydrogen-bond acceptors (Lipinski definition) is 3. The number of hydrogen-bond donors (Lipinski definition) is 1. The van der Waals surface area contributed by atoms with Crippen LogP contribution in [0.25, 0.3) is 11.1 Å². The Morgan fingerprint density at radius 3 is 3.17 bits per heavy atom. The van der Waals surface area contributed by atoms with E-state index in [0.29, 0.717) is 11.1 Å². The zero-order valence-electron chi connectivity index (χ0n) is 5.94. The summed E-state index contributed by atoms with van der Waals surface area (Å²) in [6.07, 6.45) is 2.24. The van der Waals surface area contributed by atoms with Crippen LogP contribution < -0.4 is 0 Å². The topological polar surface area (TPSA) is 63.3 Å². The van der Waals surface area contributed by atoms with Gasteiger partial charge in [0.05, 0.1) is 5.56 Å². The molecule has 59 valence electrons. The van der Waals surface area contributed by atoms with E-state index in [1.165, 1.54) is 6.07 Å². The lowest BCUT2D eigenvalue weighted by Crippen LogP contribution is -1.96. The minimum Gasteiger partial charge on any atom is -0.478 e. The summed E-state index contributed by atoms with van der Waals surface area (Å²) in [7, 11) is 0. The average Bonchev–Trinajstić information content (AvgIpc) is 2.49. The van der Waals surface area contributed by atoms with Gasteiger partial charge >= 0.3 is 5.97 Å². The van der Waals surface area contributed by atoms with Crippen LogP contribution in [0.5, 0.6) is 0 Å². The predicted octanol–water partition coefficient (Wildman–Crippen LogP) is 1.33. The van der Waals surface area contributed by atoms with Gasteiger partial charge in [-0.1, -0.05) is 6.07 Å². The van der Waals surface area contributed by atoms with Crippen molar-refractivity contribution in [3.05, 3.63) is 30.2 Å². The molecule has 0 spiro atoms. The monoisotopic (exact) mass is 162 g/mol. The molecule has 0 fully saturated rings. The number of fused-ring (bicyclic) bond motifs is 1. The van der Waals surface area contributed by atoms with Crippen LogP contribution in [0, 0.1) is 6.39 Å². The fourth-order valence-electron chi connectivity index (χ4n) is 1.01. The predicted molar refractivity (Wildman–Crippen MR) is 39.8 cm³/mol. The second kappa shape index (κ2) is 2.34. The van der Waals surface area contributed by atoms with Crippen LogP contribution in [-0.4, -0.2) is 16.1 Å². The van der Waals surface area contributed by atoms with Crippen molar-refractivity contribution in [3.8, 4) is 0 Å². The van der Waals surface area contributed by atoms with Gasteiger partial charge in [0, 0.05) is 0 Å². The molecule has 0 saturated heterocycles. The molecule has 0 unspecified atom stereocenters. The van der Waals surface area contributed by atoms with Gasteiger partial charge in [-0.2, -0.15) is 0 Å².